The molecule has 0 radical (unpaired) electrons. The predicted octanol–water partition coefficient (Wildman–Crippen LogP) is 2.25. The molecule has 1 rings (SSSR count). The van der Waals surface area contributed by atoms with Crippen LogP contribution in [0.5, 0.6) is 11.5 Å². The average molecular weight is 318 g/mol. The molecule has 1 unspecified atom stereocenters. The fraction of sp³-hybridized carbons (Fsp3) is 0.417. The Morgan fingerprint density at radius 2 is 2.11 bits per heavy atom. The molecule has 6 heteroatoms. The topological polar surface area (TPSA) is 81.8 Å². The van der Waals surface area contributed by atoms with E-state index in [1.807, 2.05) is 6.92 Å². The molecule has 3 N–H and O–H groups in total. The van der Waals surface area contributed by atoms with Gasteiger partial charge in [0.1, 0.15) is 0 Å². The minimum Gasteiger partial charge on any atom is -0.493 e. The molecule has 1 aromatic rings. The summed E-state index contributed by atoms with van der Waals surface area (Å²) in [6, 6.07) is 1.12. The normalized spacial score (nSPS) is 12.1. The number of nitrogens with two attached hydrogens (primary N) is 1. The second-order valence-corrected chi connectivity index (χ2v) is 4.69. The molecule has 0 aliphatic heterocycles. The van der Waals surface area contributed by atoms with E-state index in [-0.39, 0.29) is 6.42 Å². The van der Waals surface area contributed by atoms with Crippen molar-refractivity contribution in [2.75, 3.05) is 14.2 Å². The van der Waals surface area contributed by atoms with Gasteiger partial charge in [0.2, 0.25) is 0 Å². The smallest absolute Gasteiger partial charge is 0.305 e. The van der Waals surface area contributed by atoms with Gasteiger partial charge >= 0.3 is 5.97 Å². The molecule has 0 aliphatic carbocycles. The van der Waals surface area contributed by atoms with E-state index < -0.39 is 12.0 Å². The van der Waals surface area contributed by atoms with Crippen LogP contribution in [0, 0.1) is 6.92 Å². The molecule has 0 bridgehead atoms. The van der Waals surface area contributed by atoms with Crippen LogP contribution in [-0.2, 0) is 4.79 Å². The zero-order valence-electron chi connectivity index (χ0n) is 10.5. The largest absolute Gasteiger partial charge is 0.493 e. The van der Waals surface area contributed by atoms with E-state index in [0.717, 1.165) is 11.1 Å². The highest BCUT2D eigenvalue weighted by atomic mass is 79.9. The number of halogens is 1. The van der Waals surface area contributed by atoms with Crippen molar-refractivity contribution in [2.45, 2.75) is 19.4 Å². The average Bonchev–Trinajstić information content (AvgIpc) is 2.27. The SMILES string of the molecule is COc1cc(Br)c(C(N)CC(=O)O)c(C)c1OC. The van der Waals surface area contributed by atoms with Gasteiger partial charge in [-0.3, -0.25) is 4.79 Å². The monoisotopic (exact) mass is 317 g/mol. The lowest BCUT2D eigenvalue weighted by molar-refractivity contribution is -0.137. The van der Waals surface area contributed by atoms with Gasteiger partial charge in [0.25, 0.3) is 0 Å². The highest BCUT2D eigenvalue weighted by Crippen LogP contribution is 2.40. The van der Waals surface area contributed by atoms with Crippen molar-refractivity contribution >= 4 is 21.9 Å². The molecule has 0 heterocycles. The summed E-state index contributed by atoms with van der Waals surface area (Å²) in [5.41, 5.74) is 7.40. The molecular formula is C12H16BrNO4. The summed E-state index contributed by atoms with van der Waals surface area (Å²) in [5.74, 6) is 0.202. The number of carboxylic acid groups (broad SMARTS) is 1. The highest BCUT2D eigenvalue weighted by Gasteiger charge is 2.21. The number of benzene rings is 1. The fourth-order valence-corrected chi connectivity index (χ4v) is 2.69. The minimum atomic E-state index is -0.941. The molecular weight excluding hydrogens is 302 g/mol. The Kier molecular flexibility index (Phi) is 4.98. The van der Waals surface area contributed by atoms with Crippen molar-refractivity contribution in [1.82, 2.24) is 0 Å². The maximum absolute atomic E-state index is 10.7. The van der Waals surface area contributed by atoms with E-state index >= 15 is 0 Å². The molecule has 0 fully saturated rings. The van der Waals surface area contributed by atoms with Crippen LogP contribution in [0.4, 0.5) is 0 Å². The lowest BCUT2D eigenvalue weighted by Gasteiger charge is -2.19. The zero-order chi connectivity index (χ0) is 13.9. The molecule has 5 nitrogen and oxygen atoms in total. The third-order valence-electron chi connectivity index (χ3n) is 2.67. The van der Waals surface area contributed by atoms with Crippen LogP contribution in [0.3, 0.4) is 0 Å². The molecule has 0 aromatic heterocycles. The number of carbonyl (C=O) groups is 1. The fourth-order valence-electron chi connectivity index (χ4n) is 1.90. The van der Waals surface area contributed by atoms with E-state index in [0.29, 0.717) is 16.0 Å². The van der Waals surface area contributed by atoms with Crippen LogP contribution in [-0.4, -0.2) is 25.3 Å². The minimum absolute atomic E-state index is 0.144. The van der Waals surface area contributed by atoms with E-state index in [9.17, 15) is 4.79 Å². The summed E-state index contributed by atoms with van der Waals surface area (Å²) in [5, 5.41) is 8.80. The van der Waals surface area contributed by atoms with Crippen LogP contribution in [0.25, 0.3) is 0 Å². The van der Waals surface area contributed by atoms with Crippen molar-refractivity contribution in [1.29, 1.82) is 0 Å². The Bertz CT molecular complexity index is 462. The molecule has 1 aromatic carbocycles. The Balaban J connectivity index is 3.31. The lowest BCUT2D eigenvalue weighted by atomic mass is 9.98. The number of methoxy groups -OCH3 is 2. The van der Waals surface area contributed by atoms with Gasteiger partial charge in [-0.25, -0.2) is 0 Å². The standard InChI is InChI=1S/C12H16BrNO4/c1-6-11(8(14)5-10(15)16)7(13)4-9(17-2)12(6)18-3/h4,8H,5,14H2,1-3H3,(H,15,16). The lowest BCUT2D eigenvalue weighted by Crippen LogP contribution is -2.17. The third kappa shape index (κ3) is 2.94. The van der Waals surface area contributed by atoms with E-state index in [1.54, 1.807) is 13.2 Å². The molecule has 0 aliphatic rings. The number of aliphatic carboxylic acids is 1. The van der Waals surface area contributed by atoms with Gasteiger partial charge in [-0.2, -0.15) is 0 Å². The summed E-state index contributed by atoms with van der Waals surface area (Å²) in [7, 11) is 3.08. The number of ether oxygens (including phenoxy) is 2. The second-order valence-electron chi connectivity index (χ2n) is 3.84. The van der Waals surface area contributed by atoms with Crippen molar-refractivity contribution in [3.05, 3.63) is 21.7 Å². The Hall–Kier alpha value is -1.27. The summed E-state index contributed by atoms with van der Waals surface area (Å²) >= 11 is 3.38. The van der Waals surface area contributed by atoms with Crippen molar-refractivity contribution < 1.29 is 19.4 Å². The maximum Gasteiger partial charge on any atom is 0.305 e. The zero-order valence-corrected chi connectivity index (χ0v) is 12.1. The van der Waals surface area contributed by atoms with Crippen LogP contribution >= 0.6 is 15.9 Å². The molecule has 0 saturated carbocycles. The summed E-state index contributed by atoms with van der Waals surface area (Å²) in [4.78, 5) is 10.7. The first-order valence-corrected chi connectivity index (χ1v) is 6.10. The first-order valence-electron chi connectivity index (χ1n) is 5.30. The molecule has 0 spiro atoms. The molecule has 100 valence electrons. The van der Waals surface area contributed by atoms with Crippen LogP contribution in [0.2, 0.25) is 0 Å². The first kappa shape index (κ1) is 14.8. The molecule has 18 heavy (non-hydrogen) atoms. The van der Waals surface area contributed by atoms with Gasteiger partial charge in [-0.15, -0.1) is 0 Å². The van der Waals surface area contributed by atoms with Crippen molar-refractivity contribution in [3.8, 4) is 11.5 Å². The second kappa shape index (κ2) is 6.06. The molecule has 0 saturated heterocycles. The third-order valence-corrected chi connectivity index (χ3v) is 3.33. The molecule has 0 amide bonds. The number of hydrogen-bond donors (Lipinski definition) is 2. The summed E-state index contributed by atoms with van der Waals surface area (Å²) < 4.78 is 11.2. The van der Waals surface area contributed by atoms with Gasteiger partial charge in [0.05, 0.1) is 20.6 Å². The van der Waals surface area contributed by atoms with Crippen LogP contribution in [0.1, 0.15) is 23.6 Å². The number of rotatable bonds is 5. The Morgan fingerprint density at radius 1 is 1.50 bits per heavy atom. The van der Waals surface area contributed by atoms with Crippen molar-refractivity contribution in [2.24, 2.45) is 5.73 Å². The van der Waals surface area contributed by atoms with Gasteiger partial charge in [0, 0.05) is 16.1 Å². The van der Waals surface area contributed by atoms with Gasteiger partial charge in [-0.05, 0) is 18.6 Å². The van der Waals surface area contributed by atoms with Crippen LogP contribution < -0.4 is 15.2 Å². The quantitative estimate of drug-likeness (QED) is 0.870. The first-order chi connectivity index (χ1) is 8.42. The van der Waals surface area contributed by atoms with E-state index in [2.05, 4.69) is 15.9 Å². The van der Waals surface area contributed by atoms with Gasteiger partial charge in [0.15, 0.2) is 11.5 Å². The van der Waals surface area contributed by atoms with Gasteiger partial charge in [-0.1, -0.05) is 15.9 Å². The van der Waals surface area contributed by atoms with Crippen LogP contribution in [0.15, 0.2) is 10.5 Å². The maximum atomic E-state index is 10.7. The number of hydrogen-bond acceptors (Lipinski definition) is 4. The van der Waals surface area contributed by atoms with E-state index in [1.165, 1.54) is 7.11 Å². The summed E-state index contributed by atoms with van der Waals surface area (Å²) in [6.45, 7) is 1.82. The summed E-state index contributed by atoms with van der Waals surface area (Å²) in [6.07, 6.45) is -0.144. The molecule has 1 atom stereocenters. The van der Waals surface area contributed by atoms with Crippen molar-refractivity contribution in [3.63, 3.8) is 0 Å². The van der Waals surface area contributed by atoms with Gasteiger partial charge < -0.3 is 20.3 Å². The van der Waals surface area contributed by atoms with E-state index in [4.69, 9.17) is 20.3 Å². The Morgan fingerprint density at radius 3 is 2.56 bits per heavy atom. The Labute approximate surface area is 114 Å². The number of carboxylic acids is 1. The highest BCUT2D eigenvalue weighted by molar-refractivity contribution is 9.10. The predicted molar refractivity (Wildman–Crippen MR) is 71.2 cm³/mol.